The minimum absolute atomic E-state index is 0.101. The van der Waals surface area contributed by atoms with Crippen molar-refractivity contribution in [3.8, 4) is 5.75 Å². The zero-order chi connectivity index (χ0) is 18.8. The van der Waals surface area contributed by atoms with Gasteiger partial charge in [-0.2, -0.15) is 0 Å². The first kappa shape index (κ1) is 19.8. The summed E-state index contributed by atoms with van der Waals surface area (Å²) in [6, 6.07) is 9.00. The van der Waals surface area contributed by atoms with E-state index in [4.69, 9.17) is 9.47 Å². The fraction of sp³-hybridized carbons (Fsp3) is 0.526. The summed E-state index contributed by atoms with van der Waals surface area (Å²) in [4.78, 5) is 36.8. The van der Waals surface area contributed by atoms with Gasteiger partial charge in [-0.05, 0) is 37.8 Å². The van der Waals surface area contributed by atoms with Crippen LogP contribution in [0.25, 0.3) is 0 Å². The molecule has 1 fully saturated rings. The summed E-state index contributed by atoms with van der Waals surface area (Å²) in [6.07, 6.45) is 1.52. The van der Waals surface area contributed by atoms with Crippen molar-refractivity contribution in [1.82, 2.24) is 10.2 Å². The van der Waals surface area contributed by atoms with Gasteiger partial charge in [0.1, 0.15) is 5.75 Å². The molecule has 1 aliphatic rings. The Morgan fingerprint density at radius 1 is 1.12 bits per heavy atom. The lowest BCUT2D eigenvalue weighted by molar-refractivity contribution is -0.144. The molecular formula is C19H26N2O5. The van der Waals surface area contributed by atoms with Crippen molar-refractivity contribution in [3.05, 3.63) is 30.3 Å². The molecule has 7 nitrogen and oxygen atoms in total. The highest BCUT2D eigenvalue weighted by atomic mass is 16.6. The first-order valence-corrected chi connectivity index (χ1v) is 9.02. The summed E-state index contributed by atoms with van der Waals surface area (Å²) in [5, 5.41) is 2.85. The molecule has 1 saturated heterocycles. The van der Waals surface area contributed by atoms with Gasteiger partial charge in [0.05, 0.1) is 13.0 Å². The van der Waals surface area contributed by atoms with E-state index in [-0.39, 0.29) is 30.8 Å². The maximum atomic E-state index is 12.1. The van der Waals surface area contributed by atoms with Gasteiger partial charge in [0, 0.05) is 26.1 Å². The topological polar surface area (TPSA) is 84.9 Å². The Kier molecular flexibility index (Phi) is 7.92. The zero-order valence-corrected chi connectivity index (χ0v) is 15.1. The maximum Gasteiger partial charge on any atom is 0.415 e. The normalized spacial score (nSPS) is 14.6. The van der Waals surface area contributed by atoms with Crippen molar-refractivity contribution < 1.29 is 23.9 Å². The van der Waals surface area contributed by atoms with Gasteiger partial charge in [-0.3, -0.25) is 9.59 Å². The fourth-order valence-corrected chi connectivity index (χ4v) is 2.77. The molecule has 26 heavy (non-hydrogen) atoms. The molecule has 0 radical (unpaired) electrons. The van der Waals surface area contributed by atoms with Crippen molar-refractivity contribution in [3.63, 3.8) is 0 Å². The first-order valence-electron chi connectivity index (χ1n) is 9.02. The number of likely N-dealkylation sites (tertiary alicyclic amines) is 1. The highest BCUT2D eigenvalue weighted by Crippen LogP contribution is 2.18. The molecule has 0 aliphatic carbocycles. The Morgan fingerprint density at radius 3 is 2.46 bits per heavy atom. The van der Waals surface area contributed by atoms with Gasteiger partial charge in [-0.15, -0.1) is 0 Å². The summed E-state index contributed by atoms with van der Waals surface area (Å²) in [7, 11) is 0. The van der Waals surface area contributed by atoms with E-state index in [2.05, 4.69) is 5.32 Å². The third-order valence-electron chi connectivity index (χ3n) is 4.27. The molecule has 0 spiro atoms. The second-order valence-corrected chi connectivity index (χ2v) is 6.22. The van der Waals surface area contributed by atoms with Crippen LogP contribution in [-0.2, 0) is 14.3 Å². The van der Waals surface area contributed by atoms with Crippen molar-refractivity contribution in [2.75, 3.05) is 26.2 Å². The molecule has 0 saturated carbocycles. The predicted octanol–water partition coefficient (Wildman–Crippen LogP) is 2.36. The van der Waals surface area contributed by atoms with Crippen LogP contribution in [0.15, 0.2) is 30.3 Å². The van der Waals surface area contributed by atoms with Crippen LogP contribution in [0.5, 0.6) is 5.75 Å². The van der Waals surface area contributed by atoms with Crippen molar-refractivity contribution in [2.24, 2.45) is 5.92 Å². The molecule has 0 unspecified atom stereocenters. The Hall–Kier alpha value is -2.57. The molecule has 1 aromatic carbocycles. The average molecular weight is 362 g/mol. The number of ether oxygens (including phenoxy) is 2. The number of nitrogens with one attached hydrogen (secondary N) is 1. The minimum Gasteiger partial charge on any atom is -0.466 e. The van der Waals surface area contributed by atoms with E-state index in [9.17, 15) is 14.4 Å². The summed E-state index contributed by atoms with van der Waals surface area (Å²) in [6.45, 7) is 3.83. The standard InChI is InChI=1S/C19H26N2O5/c1-2-25-18(23)9-8-17(22)20-14-15-10-12-21(13-11-15)19(24)26-16-6-4-3-5-7-16/h3-7,15H,2,8-14H2,1H3,(H,20,22). The van der Waals surface area contributed by atoms with Crippen LogP contribution in [-0.4, -0.2) is 49.1 Å². The monoisotopic (exact) mass is 362 g/mol. The number of amides is 2. The van der Waals surface area contributed by atoms with Gasteiger partial charge >= 0.3 is 12.1 Å². The van der Waals surface area contributed by atoms with Gasteiger partial charge in [-0.1, -0.05) is 18.2 Å². The SMILES string of the molecule is CCOC(=O)CCC(=O)NCC1CCN(C(=O)Oc2ccccc2)CC1. The number of rotatable bonds is 7. The summed E-state index contributed by atoms with van der Waals surface area (Å²) < 4.78 is 10.1. The molecule has 142 valence electrons. The van der Waals surface area contributed by atoms with Gasteiger partial charge < -0.3 is 19.7 Å². The number of hydrogen-bond acceptors (Lipinski definition) is 5. The van der Waals surface area contributed by atoms with Crippen molar-refractivity contribution >= 4 is 18.0 Å². The summed E-state index contributed by atoms with van der Waals surface area (Å²) in [5.41, 5.74) is 0. The fourth-order valence-electron chi connectivity index (χ4n) is 2.77. The van der Waals surface area contributed by atoms with Crippen LogP contribution in [0.3, 0.4) is 0 Å². The lowest BCUT2D eigenvalue weighted by Gasteiger charge is -2.31. The van der Waals surface area contributed by atoms with E-state index in [0.717, 1.165) is 12.8 Å². The van der Waals surface area contributed by atoms with Crippen LogP contribution in [0.4, 0.5) is 4.79 Å². The Balaban J connectivity index is 1.63. The van der Waals surface area contributed by atoms with Crippen LogP contribution >= 0.6 is 0 Å². The van der Waals surface area contributed by atoms with Gasteiger partial charge in [0.25, 0.3) is 0 Å². The molecule has 0 atom stereocenters. The van der Waals surface area contributed by atoms with E-state index in [1.807, 2.05) is 18.2 Å². The smallest absolute Gasteiger partial charge is 0.415 e. The van der Waals surface area contributed by atoms with Gasteiger partial charge in [0.2, 0.25) is 5.91 Å². The van der Waals surface area contributed by atoms with Crippen LogP contribution in [0.1, 0.15) is 32.6 Å². The lowest BCUT2D eigenvalue weighted by atomic mass is 9.97. The molecule has 0 aromatic heterocycles. The number of para-hydroxylation sites is 1. The second-order valence-electron chi connectivity index (χ2n) is 6.22. The molecule has 2 amide bonds. The summed E-state index contributed by atoms with van der Waals surface area (Å²) in [5.74, 6) is 0.354. The minimum atomic E-state index is -0.354. The predicted molar refractivity (Wildman–Crippen MR) is 95.6 cm³/mol. The molecule has 2 rings (SSSR count). The number of nitrogens with zero attached hydrogens (tertiary/aromatic N) is 1. The quantitative estimate of drug-likeness (QED) is 0.753. The van der Waals surface area contributed by atoms with Crippen LogP contribution in [0, 0.1) is 5.92 Å². The van der Waals surface area contributed by atoms with E-state index in [0.29, 0.717) is 37.9 Å². The summed E-state index contributed by atoms with van der Waals surface area (Å²) >= 11 is 0. The third-order valence-corrected chi connectivity index (χ3v) is 4.27. The molecule has 1 heterocycles. The van der Waals surface area contributed by atoms with E-state index < -0.39 is 0 Å². The number of carbonyl (C=O) groups excluding carboxylic acids is 3. The molecule has 1 aliphatic heterocycles. The number of piperidine rings is 1. The largest absolute Gasteiger partial charge is 0.466 e. The Morgan fingerprint density at radius 2 is 1.81 bits per heavy atom. The van der Waals surface area contributed by atoms with E-state index in [1.54, 1.807) is 24.0 Å². The maximum absolute atomic E-state index is 12.1. The van der Waals surface area contributed by atoms with Crippen molar-refractivity contribution in [2.45, 2.75) is 32.6 Å². The van der Waals surface area contributed by atoms with Crippen LogP contribution in [0.2, 0.25) is 0 Å². The highest BCUT2D eigenvalue weighted by molar-refractivity contribution is 5.81. The Labute approximate surface area is 153 Å². The van der Waals surface area contributed by atoms with E-state index >= 15 is 0 Å². The Bertz CT molecular complexity index is 597. The first-order chi connectivity index (χ1) is 12.6. The zero-order valence-electron chi connectivity index (χ0n) is 15.1. The second kappa shape index (κ2) is 10.4. The lowest BCUT2D eigenvalue weighted by Crippen LogP contribution is -2.42. The number of carbonyl (C=O) groups is 3. The molecule has 1 aromatic rings. The molecule has 1 N–H and O–H groups in total. The van der Waals surface area contributed by atoms with Crippen molar-refractivity contribution in [1.29, 1.82) is 0 Å². The van der Waals surface area contributed by atoms with E-state index in [1.165, 1.54) is 0 Å². The molecular weight excluding hydrogens is 336 g/mol. The molecule has 7 heteroatoms. The third kappa shape index (κ3) is 6.74. The number of hydrogen-bond donors (Lipinski definition) is 1. The van der Waals surface area contributed by atoms with Gasteiger partial charge in [0.15, 0.2) is 0 Å². The van der Waals surface area contributed by atoms with Crippen LogP contribution < -0.4 is 10.1 Å². The number of benzene rings is 1. The van der Waals surface area contributed by atoms with Gasteiger partial charge in [-0.25, -0.2) is 4.79 Å². The highest BCUT2D eigenvalue weighted by Gasteiger charge is 2.24. The molecule has 0 bridgehead atoms. The average Bonchev–Trinajstić information content (AvgIpc) is 2.66. The number of esters is 1.